The second-order valence-electron chi connectivity index (χ2n) is 5.60. The lowest BCUT2D eigenvalue weighted by Crippen LogP contribution is -2.32. The summed E-state index contributed by atoms with van der Waals surface area (Å²) in [6.45, 7) is 5.31. The molecule has 0 radical (unpaired) electrons. The minimum atomic E-state index is 0.398. The minimum Gasteiger partial charge on any atom is -0.298 e. The zero-order valence-electron chi connectivity index (χ0n) is 10.6. The van der Waals surface area contributed by atoms with Crippen LogP contribution in [-0.2, 0) is 4.79 Å². The van der Waals surface area contributed by atoms with Crippen LogP contribution in [0.5, 0.6) is 0 Å². The second kappa shape index (κ2) is 5.81. The van der Waals surface area contributed by atoms with Crippen LogP contribution in [0.15, 0.2) is 0 Å². The summed E-state index contributed by atoms with van der Waals surface area (Å²) >= 11 is 0. The minimum absolute atomic E-state index is 0.398. The van der Waals surface area contributed by atoms with Crippen LogP contribution in [0.1, 0.15) is 51.9 Å². The first kappa shape index (κ1) is 12.1. The van der Waals surface area contributed by atoms with E-state index in [1.807, 2.05) is 0 Å². The number of nitrogens with zero attached hydrogens (tertiary/aromatic N) is 1. The molecule has 0 N–H and O–H groups in total. The quantitative estimate of drug-likeness (QED) is 0.730. The third-order valence-electron chi connectivity index (χ3n) is 4.39. The van der Waals surface area contributed by atoms with Gasteiger partial charge in [-0.15, -0.1) is 0 Å². The highest BCUT2D eigenvalue weighted by Crippen LogP contribution is 2.26. The highest BCUT2D eigenvalue weighted by atomic mass is 16.1. The third-order valence-corrected chi connectivity index (χ3v) is 4.39. The Balaban J connectivity index is 1.74. The Labute approximate surface area is 99.4 Å². The molecule has 1 saturated heterocycles. The number of carbonyl (C=O) groups is 1. The van der Waals surface area contributed by atoms with E-state index in [2.05, 4.69) is 11.8 Å². The summed E-state index contributed by atoms with van der Waals surface area (Å²) in [5.74, 6) is 1.77. The van der Waals surface area contributed by atoms with Crippen LogP contribution < -0.4 is 0 Å². The van der Waals surface area contributed by atoms with Gasteiger partial charge < -0.3 is 0 Å². The van der Waals surface area contributed by atoms with Gasteiger partial charge in [0.05, 0.1) is 6.54 Å². The average molecular weight is 223 g/mol. The Kier molecular flexibility index (Phi) is 4.39. The van der Waals surface area contributed by atoms with E-state index in [1.54, 1.807) is 0 Å². The molecule has 2 aliphatic rings. The lowest BCUT2D eigenvalue weighted by molar-refractivity contribution is -0.124. The first-order chi connectivity index (χ1) is 7.79. The maximum atomic E-state index is 12.1. The van der Waals surface area contributed by atoms with Crippen molar-refractivity contribution in [1.82, 2.24) is 4.90 Å². The zero-order valence-corrected chi connectivity index (χ0v) is 10.6. The molecule has 2 heteroatoms. The van der Waals surface area contributed by atoms with Crippen molar-refractivity contribution in [2.75, 3.05) is 19.6 Å². The van der Waals surface area contributed by atoms with Gasteiger partial charge in [-0.2, -0.15) is 0 Å². The zero-order chi connectivity index (χ0) is 11.4. The van der Waals surface area contributed by atoms with Crippen LogP contribution in [-0.4, -0.2) is 30.3 Å². The van der Waals surface area contributed by atoms with Crippen LogP contribution >= 0.6 is 0 Å². The van der Waals surface area contributed by atoms with Gasteiger partial charge in [0.2, 0.25) is 0 Å². The summed E-state index contributed by atoms with van der Waals surface area (Å²) in [7, 11) is 0. The number of hydrogen-bond donors (Lipinski definition) is 0. The molecule has 0 aromatic carbocycles. The molecule has 1 saturated carbocycles. The molecule has 0 spiro atoms. The van der Waals surface area contributed by atoms with Gasteiger partial charge in [-0.05, 0) is 31.7 Å². The topological polar surface area (TPSA) is 20.3 Å². The van der Waals surface area contributed by atoms with Crippen molar-refractivity contribution >= 4 is 5.78 Å². The maximum Gasteiger partial charge on any atom is 0.149 e. The second-order valence-corrected chi connectivity index (χ2v) is 5.60. The number of rotatable bonds is 4. The molecule has 1 aliphatic heterocycles. The summed E-state index contributed by atoms with van der Waals surface area (Å²) in [6, 6.07) is 0. The fourth-order valence-electron chi connectivity index (χ4n) is 3.16. The van der Waals surface area contributed by atoms with Gasteiger partial charge in [0.15, 0.2) is 0 Å². The van der Waals surface area contributed by atoms with Crippen molar-refractivity contribution in [3.63, 3.8) is 0 Å². The fourth-order valence-corrected chi connectivity index (χ4v) is 3.16. The molecular weight excluding hydrogens is 198 g/mol. The van der Waals surface area contributed by atoms with Crippen molar-refractivity contribution in [3.8, 4) is 0 Å². The van der Waals surface area contributed by atoms with Crippen LogP contribution in [0.3, 0.4) is 0 Å². The Hall–Kier alpha value is -0.370. The van der Waals surface area contributed by atoms with Crippen molar-refractivity contribution in [1.29, 1.82) is 0 Å². The van der Waals surface area contributed by atoms with E-state index in [9.17, 15) is 4.79 Å². The number of likely N-dealkylation sites (tertiary alicyclic amines) is 1. The Morgan fingerprint density at radius 1 is 1.19 bits per heavy atom. The van der Waals surface area contributed by atoms with Gasteiger partial charge in [0.25, 0.3) is 0 Å². The van der Waals surface area contributed by atoms with Crippen molar-refractivity contribution in [2.24, 2.45) is 11.8 Å². The summed E-state index contributed by atoms with van der Waals surface area (Å²) in [6.07, 6.45) is 8.77. The van der Waals surface area contributed by atoms with Gasteiger partial charge in [0, 0.05) is 12.5 Å². The highest BCUT2D eigenvalue weighted by molar-refractivity contribution is 5.83. The molecule has 16 heavy (non-hydrogen) atoms. The Morgan fingerprint density at radius 2 is 1.94 bits per heavy atom. The van der Waals surface area contributed by atoms with Crippen LogP contribution in [0.25, 0.3) is 0 Å². The number of carbonyl (C=O) groups excluding carboxylic acids is 1. The SMILES string of the molecule is CCC1CCN(CC(=O)C2CCCCC2)C1. The predicted molar refractivity (Wildman–Crippen MR) is 66.4 cm³/mol. The first-order valence-electron chi connectivity index (χ1n) is 7.04. The first-order valence-corrected chi connectivity index (χ1v) is 7.04. The molecular formula is C14H25NO. The summed E-state index contributed by atoms with van der Waals surface area (Å²) in [5.41, 5.74) is 0. The molecule has 0 amide bonds. The van der Waals surface area contributed by atoms with Crippen molar-refractivity contribution < 1.29 is 4.79 Å². The lowest BCUT2D eigenvalue weighted by atomic mass is 9.86. The monoisotopic (exact) mass is 223 g/mol. The summed E-state index contributed by atoms with van der Waals surface area (Å²) in [4.78, 5) is 14.5. The van der Waals surface area contributed by atoms with Crippen molar-refractivity contribution in [2.45, 2.75) is 51.9 Å². The Bertz CT molecular complexity index is 233. The van der Waals surface area contributed by atoms with E-state index in [0.29, 0.717) is 11.7 Å². The molecule has 2 nitrogen and oxygen atoms in total. The van der Waals surface area contributed by atoms with Gasteiger partial charge >= 0.3 is 0 Å². The smallest absolute Gasteiger partial charge is 0.149 e. The van der Waals surface area contributed by atoms with E-state index >= 15 is 0 Å². The lowest BCUT2D eigenvalue weighted by Gasteiger charge is -2.23. The normalized spacial score (nSPS) is 28.4. The molecule has 1 atom stereocenters. The largest absolute Gasteiger partial charge is 0.298 e. The molecule has 1 unspecified atom stereocenters. The summed E-state index contributed by atoms with van der Waals surface area (Å²) < 4.78 is 0. The molecule has 2 rings (SSSR count). The standard InChI is InChI=1S/C14H25NO/c1-2-12-8-9-15(10-12)11-14(16)13-6-4-3-5-7-13/h12-13H,2-11H2,1H3. The van der Waals surface area contributed by atoms with E-state index in [-0.39, 0.29) is 0 Å². The molecule has 92 valence electrons. The van der Waals surface area contributed by atoms with Gasteiger partial charge in [-0.25, -0.2) is 0 Å². The highest BCUT2D eigenvalue weighted by Gasteiger charge is 2.26. The molecule has 0 aromatic heterocycles. The van der Waals surface area contributed by atoms with Crippen molar-refractivity contribution in [3.05, 3.63) is 0 Å². The Morgan fingerprint density at radius 3 is 2.56 bits per heavy atom. The maximum absolute atomic E-state index is 12.1. The predicted octanol–water partition coefficient (Wildman–Crippen LogP) is 2.87. The molecule has 1 aliphatic carbocycles. The third kappa shape index (κ3) is 3.07. The molecule has 0 aromatic rings. The molecule has 0 bridgehead atoms. The summed E-state index contributed by atoms with van der Waals surface area (Å²) in [5, 5.41) is 0. The van der Waals surface area contributed by atoms with E-state index < -0.39 is 0 Å². The van der Waals surface area contributed by atoms with Gasteiger partial charge in [-0.3, -0.25) is 9.69 Å². The van der Waals surface area contributed by atoms with E-state index in [1.165, 1.54) is 32.1 Å². The number of ketones is 1. The number of hydrogen-bond acceptors (Lipinski definition) is 2. The van der Waals surface area contributed by atoms with Crippen LogP contribution in [0.4, 0.5) is 0 Å². The average Bonchev–Trinajstić information content (AvgIpc) is 2.78. The molecule has 2 fully saturated rings. The number of Topliss-reactive ketones (excluding diaryl/α,β-unsaturated/α-hetero) is 1. The van der Waals surface area contributed by atoms with Crippen LogP contribution in [0.2, 0.25) is 0 Å². The van der Waals surface area contributed by atoms with Crippen LogP contribution in [0, 0.1) is 11.8 Å². The van der Waals surface area contributed by atoms with Gasteiger partial charge in [-0.1, -0.05) is 32.6 Å². The fraction of sp³-hybridized carbons (Fsp3) is 0.929. The van der Waals surface area contributed by atoms with Gasteiger partial charge in [0.1, 0.15) is 5.78 Å². The van der Waals surface area contributed by atoms with E-state index in [0.717, 1.165) is 38.4 Å². The molecule has 1 heterocycles. The van der Waals surface area contributed by atoms with E-state index in [4.69, 9.17) is 0 Å².